The van der Waals surface area contributed by atoms with E-state index in [2.05, 4.69) is 5.32 Å². The molecule has 70 valence electrons. The van der Waals surface area contributed by atoms with Crippen molar-refractivity contribution in [1.82, 2.24) is 10.2 Å². The summed E-state index contributed by atoms with van der Waals surface area (Å²) in [7, 11) is 1.47. The Labute approximate surface area is 71.9 Å². The highest BCUT2D eigenvalue weighted by Crippen LogP contribution is 1.82. The molecule has 0 radical (unpaired) electrons. The van der Waals surface area contributed by atoms with E-state index in [1.807, 2.05) is 13.8 Å². The summed E-state index contributed by atoms with van der Waals surface area (Å²) in [6, 6.07) is -0.521. The summed E-state index contributed by atoms with van der Waals surface area (Å²) in [5.74, 6) is -0.202. The SMILES string of the molecule is CC(C)NC(=O)CN(C)C(N)=O. The van der Waals surface area contributed by atoms with Gasteiger partial charge in [-0.1, -0.05) is 0 Å². The van der Waals surface area contributed by atoms with Gasteiger partial charge in [0.25, 0.3) is 0 Å². The Kier molecular flexibility index (Phi) is 4.10. The van der Waals surface area contributed by atoms with E-state index >= 15 is 0 Å². The van der Waals surface area contributed by atoms with Crippen LogP contribution in [0.3, 0.4) is 0 Å². The van der Waals surface area contributed by atoms with E-state index in [1.165, 1.54) is 7.05 Å². The zero-order valence-electron chi connectivity index (χ0n) is 7.63. The minimum Gasteiger partial charge on any atom is -0.352 e. The molecular formula is C7H15N3O2. The van der Waals surface area contributed by atoms with Gasteiger partial charge in [-0.2, -0.15) is 0 Å². The number of amides is 3. The molecule has 0 aliphatic heterocycles. The second-order valence-electron chi connectivity index (χ2n) is 2.92. The Morgan fingerprint density at radius 1 is 1.50 bits per heavy atom. The van der Waals surface area contributed by atoms with Gasteiger partial charge in [-0.3, -0.25) is 4.79 Å². The van der Waals surface area contributed by atoms with Crippen molar-refractivity contribution in [2.75, 3.05) is 13.6 Å². The van der Waals surface area contributed by atoms with Gasteiger partial charge in [0.05, 0.1) is 0 Å². The predicted molar refractivity (Wildman–Crippen MR) is 45.5 cm³/mol. The number of nitrogens with zero attached hydrogens (tertiary/aromatic N) is 1. The molecule has 0 aliphatic rings. The van der Waals surface area contributed by atoms with Gasteiger partial charge in [0.1, 0.15) is 6.54 Å². The Hall–Kier alpha value is -1.26. The van der Waals surface area contributed by atoms with Crippen molar-refractivity contribution in [3.05, 3.63) is 0 Å². The highest BCUT2D eigenvalue weighted by atomic mass is 16.2. The predicted octanol–water partition coefficient (Wildman–Crippen LogP) is -0.478. The van der Waals surface area contributed by atoms with E-state index in [4.69, 9.17) is 5.73 Å². The second-order valence-corrected chi connectivity index (χ2v) is 2.92. The molecule has 0 aliphatic carbocycles. The fourth-order valence-corrected chi connectivity index (χ4v) is 0.661. The quantitative estimate of drug-likeness (QED) is 0.605. The lowest BCUT2D eigenvalue weighted by Gasteiger charge is -2.14. The lowest BCUT2D eigenvalue weighted by atomic mass is 10.4. The number of hydrogen-bond donors (Lipinski definition) is 2. The Balaban J connectivity index is 3.77. The molecule has 0 heterocycles. The van der Waals surface area contributed by atoms with Gasteiger partial charge in [0.2, 0.25) is 5.91 Å². The average molecular weight is 173 g/mol. The topological polar surface area (TPSA) is 75.4 Å². The van der Waals surface area contributed by atoms with Crippen molar-refractivity contribution >= 4 is 11.9 Å². The molecule has 3 N–H and O–H groups in total. The van der Waals surface area contributed by atoms with Gasteiger partial charge in [-0.15, -0.1) is 0 Å². The fourth-order valence-electron chi connectivity index (χ4n) is 0.661. The van der Waals surface area contributed by atoms with Crippen LogP contribution in [-0.4, -0.2) is 36.5 Å². The van der Waals surface area contributed by atoms with Gasteiger partial charge in [-0.05, 0) is 13.8 Å². The maximum absolute atomic E-state index is 11.0. The average Bonchev–Trinajstić information content (AvgIpc) is 1.84. The van der Waals surface area contributed by atoms with Crippen LogP contribution in [0.1, 0.15) is 13.8 Å². The van der Waals surface area contributed by atoms with Crippen molar-refractivity contribution in [3.8, 4) is 0 Å². The van der Waals surface area contributed by atoms with E-state index in [0.717, 1.165) is 4.90 Å². The normalized spacial score (nSPS) is 9.67. The third kappa shape index (κ3) is 4.54. The van der Waals surface area contributed by atoms with Crippen LogP contribution in [0.2, 0.25) is 0 Å². The van der Waals surface area contributed by atoms with Crippen molar-refractivity contribution in [3.63, 3.8) is 0 Å². The third-order valence-corrected chi connectivity index (χ3v) is 1.21. The number of carbonyl (C=O) groups excluding carboxylic acids is 2. The molecule has 0 saturated heterocycles. The minimum absolute atomic E-state index is 0.00745. The molecule has 0 aromatic carbocycles. The molecule has 5 nitrogen and oxygen atoms in total. The van der Waals surface area contributed by atoms with E-state index < -0.39 is 6.03 Å². The summed E-state index contributed by atoms with van der Waals surface area (Å²) in [6.45, 7) is 3.71. The summed E-state index contributed by atoms with van der Waals surface area (Å²) in [5, 5.41) is 2.64. The third-order valence-electron chi connectivity index (χ3n) is 1.21. The van der Waals surface area contributed by atoms with Crippen LogP contribution in [0.5, 0.6) is 0 Å². The number of nitrogens with two attached hydrogens (primary N) is 1. The summed E-state index contributed by atoms with van der Waals surface area (Å²) >= 11 is 0. The summed E-state index contributed by atoms with van der Waals surface area (Å²) in [6.07, 6.45) is 0. The molecule has 0 saturated carbocycles. The maximum atomic E-state index is 11.0. The van der Waals surface area contributed by atoms with Gasteiger partial charge in [0, 0.05) is 13.1 Å². The minimum atomic E-state index is -0.603. The number of primary amides is 1. The van der Waals surface area contributed by atoms with Crippen molar-refractivity contribution in [1.29, 1.82) is 0 Å². The first-order chi connectivity index (χ1) is 5.43. The van der Waals surface area contributed by atoms with E-state index in [1.54, 1.807) is 0 Å². The zero-order chi connectivity index (χ0) is 9.72. The van der Waals surface area contributed by atoms with Gasteiger partial charge < -0.3 is 16.0 Å². The second kappa shape index (κ2) is 4.58. The molecule has 0 bridgehead atoms. The number of likely N-dealkylation sites (N-methyl/N-ethyl adjacent to an activating group) is 1. The van der Waals surface area contributed by atoms with Gasteiger partial charge >= 0.3 is 6.03 Å². The molecule has 12 heavy (non-hydrogen) atoms. The Morgan fingerprint density at radius 2 is 2.00 bits per heavy atom. The molecule has 0 aromatic rings. The monoisotopic (exact) mass is 173 g/mol. The van der Waals surface area contributed by atoms with Gasteiger partial charge in [-0.25, -0.2) is 4.79 Å². The number of carbonyl (C=O) groups is 2. The number of rotatable bonds is 3. The number of nitrogens with one attached hydrogen (secondary N) is 1. The Morgan fingerprint density at radius 3 is 2.33 bits per heavy atom. The first kappa shape index (κ1) is 10.7. The molecule has 0 atom stereocenters. The van der Waals surface area contributed by atoms with Crippen LogP contribution in [0.15, 0.2) is 0 Å². The van der Waals surface area contributed by atoms with Crippen molar-refractivity contribution in [2.24, 2.45) is 5.73 Å². The standard InChI is InChI=1S/C7H15N3O2/c1-5(2)9-6(11)4-10(3)7(8)12/h5H,4H2,1-3H3,(H2,8,12)(H,9,11). The molecule has 0 rings (SSSR count). The van der Waals surface area contributed by atoms with Crippen LogP contribution in [0.4, 0.5) is 4.79 Å². The highest BCUT2D eigenvalue weighted by Gasteiger charge is 2.09. The molecule has 0 aromatic heterocycles. The molecule has 3 amide bonds. The van der Waals surface area contributed by atoms with Crippen molar-refractivity contribution in [2.45, 2.75) is 19.9 Å². The molecular weight excluding hydrogens is 158 g/mol. The van der Waals surface area contributed by atoms with E-state index in [0.29, 0.717) is 0 Å². The first-order valence-corrected chi connectivity index (χ1v) is 3.73. The number of hydrogen-bond acceptors (Lipinski definition) is 2. The lowest BCUT2D eigenvalue weighted by molar-refractivity contribution is -0.121. The largest absolute Gasteiger partial charge is 0.352 e. The van der Waals surface area contributed by atoms with Crippen LogP contribution < -0.4 is 11.1 Å². The van der Waals surface area contributed by atoms with E-state index in [9.17, 15) is 9.59 Å². The summed E-state index contributed by atoms with van der Waals surface area (Å²) in [4.78, 5) is 22.6. The van der Waals surface area contributed by atoms with Gasteiger partial charge in [0.15, 0.2) is 0 Å². The molecule has 5 heteroatoms. The Bertz CT molecular complexity index is 179. The van der Waals surface area contributed by atoms with Crippen LogP contribution in [-0.2, 0) is 4.79 Å². The maximum Gasteiger partial charge on any atom is 0.314 e. The lowest BCUT2D eigenvalue weighted by Crippen LogP contribution is -2.42. The first-order valence-electron chi connectivity index (χ1n) is 3.73. The smallest absolute Gasteiger partial charge is 0.314 e. The van der Waals surface area contributed by atoms with Crippen LogP contribution in [0.25, 0.3) is 0 Å². The van der Waals surface area contributed by atoms with Crippen molar-refractivity contribution < 1.29 is 9.59 Å². The van der Waals surface area contributed by atoms with Crippen LogP contribution in [0, 0.1) is 0 Å². The number of urea groups is 1. The molecule has 0 spiro atoms. The van der Waals surface area contributed by atoms with E-state index in [-0.39, 0.29) is 18.5 Å². The molecule has 0 fully saturated rings. The summed E-state index contributed by atoms with van der Waals surface area (Å²) < 4.78 is 0. The zero-order valence-corrected chi connectivity index (χ0v) is 7.63. The molecule has 0 unspecified atom stereocenters. The fraction of sp³-hybridized carbons (Fsp3) is 0.714. The highest BCUT2D eigenvalue weighted by molar-refractivity contribution is 5.83. The van der Waals surface area contributed by atoms with Crippen LogP contribution >= 0.6 is 0 Å². The summed E-state index contributed by atoms with van der Waals surface area (Å²) in [5.41, 5.74) is 4.92.